The number of hydrogen-bond donors (Lipinski definition) is 3. The van der Waals surface area contributed by atoms with Crippen LogP contribution in [-0.2, 0) is 22.4 Å². The number of carbonyl (C=O) groups excluding carboxylic acids is 2. The number of hydrogen-bond acceptors (Lipinski definition) is 7. The number of amides is 2. The lowest BCUT2D eigenvalue weighted by atomic mass is 10.0. The molecule has 0 radical (unpaired) electrons. The summed E-state index contributed by atoms with van der Waals surface area (Å²) in [6.45, 7) is 1.59. The van der Waals surface area contributed by atoms with Gasteiger partial charge in [-0.1, -0.05) is 36.4 Å². The number of nitrogens with zero attached hydrogens (tertiary/aromatic N) is 4. The first-order chi connectivity index (χ1) is 16.6. The van der Waals surface area contributed by atoms with Crippen molar-refractivity contribution >= 4 is 29.0 Å². The molecule has 0 bridgehead atoms. The average molecular weight is 456 g/mol. The zero-order chi connectivity index (χ0) is 23.2. The van der Waals surface area contributed by atoms with Crippen LogP contribution in [0.25, 0.3) is 5.70 Å². The molecule has 1 saturated heterocycles. The smallest absolute Gasteiger partial charge is 0.245 e. The fourth-order valence-electron chi connectivity index (χ4n) is 5.03. The summed E-state index contributed by atoms with van der Waals surface area (Å²) in [6.07, 6.45) is 4.54. The summed E-state index contributed by atoms with van der Waals surface area (Å²) < 4.78 is 0. The predicted molar refractivity (Wildman–Crippen MR) is 129 cm³/mol. The molecule has 0 spiro atoms. The van der Waals surface area contributed by atoms with E-state index in [2.05, 4.69) is 38.7 Å². The van der Waals surface area contributed by atoms with Gasteiger partial charge < -0.3 is 20.4 Å². The normalized spacial score (nSPS) is 21.4. The van der Waals surface area contributed by atoms with Crippen molar-refractivity contribution in [1.29, 1.82) is 0 Å². The van der Waals surface area contributed by atoms with Gasteiger partial charge in [-0.2, -0.15) is 0 Å². The van der Waals surface area contributed by atoms with Crippen molar-refractivity contribution in [2.24, 2.45) is 10.8 Å². The molecule has 4 N–H and O–H groups in total. The van der Waals surface area contributed by atoms with Crippen LogP contribution >= 0.6 is 0 Å². The first kappa shape index (κ1) is 20.5. The Balaban J connectivity index is 1.39. The molecule has 0 aliphatic carbocycles. The molecule has 1 unspecified atom stereocenters. The highest BCUT2D eigenvalue weighted by Crippen LogP contribution is 2.37. The Morgan fingerprint density at radius 3 is 2.79 bits per heavy atom. The summed E-state index contributed by atoms with van der Waals surface area (Å²) >= 11 is 0. The third-order valence-electron chi connectivity index (χ3n) is 6.62. The number of allylic oxidation sites excluding steroid dienone is 1. The van der Waals surface area contributed by atoms with Crippen molar-refractivity contribution in [2.75, 3.05) is 24.6 Å². The van der Waals surface area contributed by atoms with Crippen molar-refractivity contribution in [3.63, 3.8) is 0 Å². The topological polar surface area (TPSA) is 106 Å². The van der Waals surface area contributed by atoms with Crippen molar-refractivity contribution in [1.82, 2.24) is 20.4 Å². The molecular weight excluding hydrogens is 430 g/mol. The molecule has 9 nitrogen and oxygen atoms in total. The highest BCUT2D eigenvalue weighted by Gasteiger charge is 2.39. The SMILES string of the molecule is NN1C(=O)Cc2cc(C3=C(Cc4ccccc4)NC4C(N5CCNC(=O)C5)=NC=CN34)ccc21. The summed E-state index contributed by atoms with van der Waals surface area (Å²) in [5.41, 5.74) is 5.95. The van der Waals surface area contributed by atoms with E-state index in [-0.39, 0.29) is 24.5 Å². The number of nitrogens with two attached hydrogens (primary N) is 1. The van der Waals surface area contributed by atoms with Crippen LogP contribution in [-0.4, -0.2) is 53.2 Å². The van der Waals surface area contributed by atoms with Gasteiger partial charge in [0.15, 0.2) is 6.17 Å². The van der Waals surface area contributed by atoms with Gasteiger partial charge in [-0.15, -0.1) is 0 Å². The van der Waals surface area contributed by atoms with E-state index in [9.17, 15) is 9.59 Å². The van der Waals surface area contributed by atoms with E-state index < -0.39 is 0 Å². The minimum atomic E-state index is -0.217. The number of piperazine rings is 1. The largest absolute Gasteiger partial charge is 0.360 e. The number of anilines is 1. The van der Waals surface area contributed by atoms with Crippen molar-refractivity contribution in [3.8, 4) is 0 Å². The lowest BCUT2D eigenvalue weighted by Gasteiger charge is -2.37. The number of carbonyl (C=O) groups is 2. The Hall–Kier alpha value is -4.11. The van der Waals surface area contributed by atoms with Crippen molar-refractivity contribution < 1.29 is 9.59 Å². The summed E-state index contributed by atoms with van der Waals surface area (Å²) in [4.78, 5) is 33.1. The van der Waals surface area contributed by atoms with E-state index in [4.69, 9.17) is 5.84 Å². The van der Waals surface area contributed by atoms with Crippen molar-refractivity contribution in [2.45, 2.75) is 19.0 Å². The molecule has 2 amide bonds. The van der Waals surface area contributed by atoms with Gasteiger partial charge in [-0.3, -0.25) is 9.59 Å². The number of hydrazine groups is 1. The van der Waals surface area contributed by atoms with E-state index >= 15 is 0 Å². The fourth-order valence-corrected chi connectivity index (χ4v) is 5.03. The molecule has 4 aliphatic rings. The number of fused-ring (bicyclic) bond motifs is 2. The molecule has 34 heavy (non-hydrogen) atoms. The van der Waals surface area contributed by atoms with Crippen LogP contribution in [0.4, 0.5) is 5.69 Å². The highest BCUT2D eigenvalue weighted by molar-refractivity contribution is 6.01. The van der Waals surface area contributed by atoms with Crippen LogP contribution in [0.1, 0.15) is 16.7 Å². The lowest BCUT2D eigenvalue weighted by Crippen LogP contribution is -2.57. The molecule has 0 saturated carbocycles. The van der Waals surface area contributed by atoms with Gasteiger partial charge in [0.25, 0.3) is 0 Å². The van der Waals surface area contributed by atoms with Crippen LogP contribution < -0.4 is 21.5 Å². The van der Waals surface area contributed by atoms with E-state index in [1.54, 1.807) is 6.20 Å². The van der Waals surface area contributed by atoms with Crippen LogP contribution in [0.3, 0.4) is 0 Å². The molecule has 4 heterocycles. The average Bonchev–Trinajstić information content (AvgIpc) is 3.35. The van der Waals surface area contributed by atoms with Crippen molar-refractivity contribution in [3.05, 3.63) is 83.3 Å². The second-order valence-corrected chi connectivity index (χ2v) is 8.78. The van der Waals surface area contributed by atoms with Gasteiger partial charge in [0.2, 0.25) is 11.8 Å². The predicted octanol–water partition coefficient (Wildman–Crippen LogP) is 0.907. The number of amidine groups is 1. The summed E-state index contributed by atoms with van der Waals surface area (Å²) in [5.74, 6) is 6.64. The third kappa shape index (κ3) is 3.41. The Labute approximate surface area is 197 Å². The molecule has 6 rings (SSSR count). The second-order valence-electron chi connectivity index (χ2n) is 8.78. The number of rotatable bonds is 3. The molecule has 9 heteroatoms. The fraction of sp³-hybridized carbons (Fsp3) is 0.240. The molecule has 2 aromatic rings. The maximum absolute atomic E-state index is 12.1. The Kier molecular flexibility index (Phi) is 4.84. The maximum atomic E-state index is 12.1. The molecule has 1 atom stereocenters. The first-order valence-corrected chi connectivity index (χ1v) is 11.4. The van der Waals surface area contributed by atoms with E-state index in [0.717, 1.165) is 34.0 Å². The molecule has 1 fully saturated rings. The van der Waals surface area contributed by atoms with Crippen LogP contribution in [0, 0.1) is 0 Å². The quantitative estimate of drug-likeness (QED) is 0.469. The Morgan fingerprint density at radius 2 is 1.97 bits per heavy atom. The Bertz CT molecular complexity index is 1270. The maximum Gasteiger partial charge on any atom is 0.245 e. The zero-order valence-electron chi connectivity index (χ0n) is 18.6. The van der Waals surface area contributed by atoms with Crippen LogP contribution in [0.15, 0.2) is 71.6 Å². The van der Waals surface area contributed by atoms with Gasteiger partial charge in [-0.05, 0) is 23.3 Å². The lowest BCUT2D eigenvalue weighted by molar-refractivity contribution is -0.123. The highest BCUT2D eigenvalue weighted by atomic mass is 16.2. The second kappa shape index (κ2) is 8.03. The van der Waals surface area contributed by atoms with E-state index in [0.29, 0.717) is 25.9 Å². The minimum Gasteiger partial charge on any atom is -0.360 e. The van der Waals surface area contributed by atoms with Gasteiger partial charge >= 0.3 is 0 Å². The summed E-state index contributed by atoms with van der Waals surface area (Å²) in [6, 6.07) is 16.3. The Morgan fingerprint density at radius 1 is 1.12 bits per heavy atom. The van der Waals surface area contributed by atoms with E-state index in [1.807, 2.05) is 41.4 Å². The van der Waals surface area contributed by atoms with Crippen LogP contribution in [0.2, 0.25) is 0 Å². The minimum absolute atomic E-state index is 0.000342. The molecule has 4 aliphatic heterocycles. The van der Waals surface area contributed by atoms with E-state index in [1.165, 1.54) is 10.6 Å². The monoisotopic (exact) mass is 455 g/mol. The van der Waals surface area contributed by atoms with Gasteiger partial charge in [0.05, 0.1) is 24.4 Å². The van der Waals surface area contributed by atoms with Gasteiger partial charge in [0.1, 0.15) is 5.84 Å². The standard InChI is InChI=1S/C25H25N7O2/c26-32-20-7-6-17(13-18(20)14-22(32)34)23-19(12-16-4-2-1-3-5-16)29-25-24(28-9-11-31(23)25)30-10-8-27-21(33)15-30/h1-7,9,11,13,25,29H,8,10,12,14-15,26H2,(H,27,33). The summed E-state index contributed by atoms with van der Waals surface area (Å²) in [7, 11) is 0. The third-order valence-corrected chi connectivity index (χ3v) is 6.62. The zero-order valence-corrected chi connectivity index (χ0v) is 18.6. The van der Waals surface area contributed by atoms with Crippen LogP contribution in [0.5, 0.6) is 0 Å². The molecule has 2 aromatic carbocycles. The van der Waals surface area contributed by atoms with Gasteiger partial charge in [0, 0.05) is 43.2 Å². The molecule has 0 aromatic heterocycles. The number of benzene rings is 2. The number of nitrogens with one attached hydrogen (secondary N) is 2. The number of aliphatic imine (C=N–C) groups is 1. The summed E-state index contributed by atoms with van der Waals surface area (Å²) in [5, 5.41) is 7.79. The molecule has 172 valence electrons. The first-order valence-electron chi connectivity index (χ1n) is 11.4. The molecular formula is C25H25N7O2. The van der Waals surface area contributed by atoms with Gasteiger partial charge in [-0.25, -0.2) is 15.8 Å².